The highest BCUT2D eigenvalue weighted by Gasteiger charge is 2.14. The van der Waals surface area contributed by atoms with E-state index >= 15 is 0 Å². The smallest absolute Gasteiger partial charge is 0.235 e. The van der Waals surface area contributed by atoms with Crippen LogP contribution >= 0.6 is 0 Å². The monoisotopic (exact) mass is 252 g/mol. The van der Waals surface area contributed by atoms with E-state index in [0.717, 1.165) is 5.56 Å². The molecule has 0 fully saturated rings. The van der Waals surface area contributed by atoms with Crippen LogP contribution in [0.3, 0.4) is 0 Å². The standard InChI is InChI=1S/C16H12O3/c1-10-5-4-6-11(9-10)16-15(18)14(17)12-7-2-3-8-13(12)19-16/h2-9,18H,1H3. The third kappa shape index (κ3) is 1.89. The quantitative estimate of drug-likeness (QED) is 0.721. The number of hydrogen-bond acceptors (Lipinski definition) is 3. The molecular formula is C16H12O3. The normalized spacial score (nSPS) is 10.8. The molecule has 0 saturated heterocycles. The summed E-state index contributed by atoms with van der Waals surface area (Å²) in [6.07, 6.45) is 0. The zero-order valence-electron chi connectivity index (χ0n) is 10.4. The summed E-state index contributed by atoms with van der Waals surface area (Å²) in [5, 5.41) is 10.4. The third-order valence-corrected chi connectivity index (χ3v) is 3.05. The third-order valence-electron chi connectivity index (χ3n) is 3.05. The van der Waals surface area contributed by atoms with E-state index in [9.17, 15) is 9.90 Å². The molecule has 3 aromatic rings. The van der Waals surface area contributed by atoms with Gasteiger partial charge in [0, 0.05) is 5.56 Å². The fourth-order valence-electron chi connectivity index (χ4n) is 2.11. The Hall–Kier alpha value is -2.55. The summed E-state index contributed by atoms with van der Waals surface area (Å²) >= 11 is 0. The van der Waals surface area contributed by atoms with Crippen LogP contribution in [0, 0.1) is 6.92 Å². The van der Waals surface area contributed by atoms with Crippen LogP contribution in [0.5, 0.6) is 5.75 Å². The van der Waals surface area contributed by atoms with Crippen LogP contribution in [0.2, 0.25) is 0 Å². The van der Waals surface area contributed by atoms with Crippen molar-refractivity contribution in [2.75, 3.05) is 0 Å². The van der Waals surface area contributed by atoms with Gasteiger partial charge in [-0.15, -0.1) is 0 Å². The molecule has 3 heteroatoms. The summed E-state index contributed by atoms with van der Waals surface area (Å²) in [6, 6.07) is 14.4. The summed E-state index contributed by atoms with van der Waals surface area (Å²) in [4.78, 5) is 12.1. The van der Waals surface area contributed by atoms with Gasteiger partial charge in [-0.05, 0) is 25.1 Å². The molecule has 1 aromatic heterocycles. The minimum atomic E-state index is -0.404. The molecular weight excluding hydrogens is 240 g/mol. The highest BCUT2D eigenvalue weighted by atomic mass is 16.4. The second-order valence-corrected chi connectivity index (χ2v) is 4.47. The van der Waals surface area contributed by atoms with Crippen molar-refractivity contribution in [2.24, 2.45) is 0 Å². The molecule has 19 heavy (non-hydrogen) atoms. The van der Waals surface area contributed by atoms with Gasteiger partial charge in [-0.1, -0.05) is 35.9 Å². The predicted octanol–water partition coefficient (Wildman–Crippen LogP) is 3.47. The topological polar surface area (TPSA) is 50.4 Å². The Morgan fingerprint density at radius 2 is 1.84 bits per heavy atom. The minimum Gasteiger partial charge on any atom is -0.502 e. The fraction of sp³-hybridized carbons (Fsp3) is 0.0625. The number of rotatable bonds is 1. The molecule has 1 heterocycles. The van der Waals surface area contributed by atoms with Crippen molar-refractivity contribution in [1.82, 2.24) is 0 Å². The minimum absolute atomic E-state index is 0.215. The molecule has 3 rings (SSSR count). The maximum atomic E-state index is 12.1. The summed E-state index contributed by atoms with van der Waals surface area (Å²) < 4.78 is 5.66. The Bertz CT molecular complexity index is 816. The summed E-state index contributed by atoms with van der Waals surface area (Å²) in [5.74, 6) is -0.128. The fourth-order valence-corrected chi connectivity index (χ4v) is 2.11. The van der Waals surface area contributed by atoms with E-state index in [0.29, 0.717) is 16.5 Å². The summed E-state index contributed by atoms with van der Waals surface area (Å²) in [5.41, 5.74) is 1.80. The van der Waals surface area contributed by atoms with Crippen LogP contribution in [0.4, 0.5) is 0 Å². The molecule has 0 amide bonds. The van der Waals surface area contributed by atoms with Crippen LogP contribution in [-0.2, 0) is 0 Å². The van der Waals surface area contributed by atoms with Crippen molar-refractivity contribution in [1.29, 1.82) is 0 Å². The number of para-hydroxylation sites is 1. The van der Waals surface area contributed by atoms with Crippen LogP contribution in [-0.4, -0.2) is 5.11 Å². The highest BCUT2D eigenvalue weighted by molar-refractivity contribution is 5.81. The molecule has 0 saturated carbocycles. The average molecular weight is 252 g/mol. The van der Waals surface area contributed by atoms with Crippen LogP contribution in [0.25, 0.3) is 22.3 Å². The molecule has 0 spiro atoms. The highest BCUT2D eigenvalue weighted by Crippen LogP contribution is 2.30. The summed E-state index contributed by atoms with van der Waals surface area (Å²) in [6.45, 7) is 1.94. The first-order valence-electron chi connectivity index (χ1n) is 5.98. The van der Waals surface area contributed by atoms with E-state index in [1.54, 1.807) is 30.3 Å². The van der Waals surface area contributed by atoms with Gasteiger partial charge in [0.15, 0.2) is 5.76 Å². The van der Waals surface area contributed by atoms with Crippen molar-refractivity contribution in [2.45, 2.75) is 6.92 Å². The van der Waals surface area contributed by atoms with E-state index in [4.69, 9.17) is 4.42 Å². The first kappa shape index (κ1) is 11.5. The molecule has 2 aromatic carbocycles. The zero-order chi connectivity index (χ0) is 13.4. The Kier molecular flexibility index (Phi) is 2.60. The van der Waals surface area contributed by atoms with Gasteiger partial charge in [-0.3, -0.25) is 4.79 Å². The van der Waals surface area contributed by atoms with E-state index in [-0.39, 0.29) is 11.5 Å². The maximum absolute atomic E-state index is 12.1. The molecule has 0 atom stereocenters. The van der Waals surface area contributed by atoms with Crippen molar-refractivity contribution in [3.05, 3.63) is 64.3 Å². The van der Waals surface area contributed by atoms with Crippen LogP contribution in [0.15, 0.2) is 57.7 Å². The lowest BCUT2D eigenvalue weighted by molar-refractivity contribution is 0.449. The average Bonchev–Trinajstić information content (AvgIpc) is 2.43. The molecule has 0 bridgehead atoms. The summed E-state index contributed by atoms with van der Waals surface area (Å²) in [7, 11) is 0. The lowest BCUT2D eigenvalue weighted by Gasteiger charge is -2.06. The van der Waals surface area contributed by atoms with Gasteiger partial charge in [-0.2, -0.15) is 0 Å². The van der Waals surface area contributed by atoms with Gasteiger partial charge in [0.2, 0.25) is 11.2 Å². The lowest BCUT2D eigenvalue weighted by atomic mass is 10.1. The number of aryl methyl sites for hydroxylation is 1. The largest absolute Gasteiger partial charge is 0.502 e. The predicted molar refractivity (Wildman–Crippen MR) is 74.3 cm³/mol. The van der Waals surface area contributed by atoms with E-state index < -0.39 is 5.43 Å². The van der Waals surface area contributed by atoms with Crippen LogP contribution in [0.1, 0.15) is 5.56 Å². The Balaban J connectivity index is 2.36. The van der Waals surface area contributed by atoms with Gasteiger partial charge >= 0.3 is 0 Å². The molecule has 0 unspecified atom stereocenters. The SMILES string of the molecule is Cc1cccc(-c2oc3ccccc3c(=O)c2O)c1. The number of aromatic hydroxyl groups is 1. The second kappa shape index (κ2) is 4.28. The Morgan fingerprint density at radius 3 is 2.63 bits per heavy atom. The van der Waals surface area contributed by atoms with Crippen molar-refractivity contribution in [3.63, 3.8) is 0 Å². The molecule has 0 aliphatic rings. The molecule has 3 nitrogen and oxygen atoms in total. The van der Waals surface area contributed by atoms with Gasteiger partial charge in [0.05, 0.1) is 5.39 Å². The molecule has 94 valence electrons. The maximum Gasteiger partial charge on any atom is 0.235 e. The lowest BCUT2D eigenvalue weighted by Crippen LogP contribution is -2.02. The molecule has 0 radical (unpaired) electrons. The Labute approximate surface area is 109 Å². The molecule has 0 aliphatic carbocycles. The number of fused-ring (bicyclic) bond motifs is 1. The van der Waals surface area contributed by atoms with Gasteiger partial charge < -0.3 is 9.52 Å². The molecule has 1 N–H and O–H groups in total. The van der Waals surface area contributed by atoms with Gasteiger partial charge in [0.25, 0.3) is 0 Å². The van der Waals surface area contributed by atoms with Gasteiger partial charge in [0.1, 0.15) is 5.58 Å². The van der Waals surface area contributed by atoms with Gasteiger partial charge in [-0.25, -0.2) is 0 Å². The zero-order valence-corrected chi connectivity index (χ0v) is 10.4. The number of benzene rings is 2. The second-order valence-electron chi connectivity index (χ2n) is 4.47. The van der Waals surface area contributed by atoms with E-state index in [1.807, 2.05) is 25.1 Å². The van der Waals surface area contributed by atoms with Crippen LogP contribution < -0.4 is 5.43 Å². The molecule has 0 aliphatic heterocycles. The Morgan fingerprint density at radius 1 is 1.05 bits per heavy atom. The van der Waals surface area contributed by atoms with Crippen molar-refractivity contribution < 1.29 is 9.52 Å². The first-order valence-corrected chi connectivity index (χ1v) is 5.98. The first-order chi connectivity index (χ1) is 9.16. The van der Waals surface area contributed by atoms with Crippen molar-refractivity contribution >= 4 is 11.0 Å². The number of hydrogen-bond donors (Lipinski definition) is 1. The van der Waals surface area contributed by atoms with E-state index in [1.165, 1.54) is 0 Å². The van der Waals surface area contributed by atoms with Crippen molar-refractivity contribution in [3.8, 4) is 17.1 Å². The van der Waals surface area contributed by atoms with E-state index in [2.05, 4.69) is 0 Å².